The first kappa shape index (κ1) is 24.6. The number of carbonyl (C=O) groups is 1. The molecule has 0 saturated carbocycles. The molecule has 7 nitrogen and oxygen atoms in total. The molecule has 3 rings (SSSR count). The SMILES string of the molecule is COc1cc(C(=O)NCCNS(=O)(=O)c2ccc(C)cc2)ccc1OCc1ccccc1Cl. The van der Waals surface area contributed by atoms with E-state index >= 15 is 0 Å². The van der Waals surface area contributed by atoms with Gasteiger partial charge in [-0.15, -0.1) is 0 Å². The van der Waals surface area contributed by atoms with E-state index < -0.39 is 10.0 Å². The second-order valence-electron chi connectivity index (χ2n) is 7.21. The first-order chi connectivity index (χ1) is 15.8. The van der Waals surface area contributed by atoms with Gasteiger partial charge >= 0.3 is 0 Å². The quantitative estimate of drug-likeness (QED) is 0.421. The predicted octanol–water partition coefficient (Wildman–Crippen LogP) is 3.94. The van der Waals surface area contributed by atoms with E-state index in [1.165, 1.54) is 19.2 Å². The second-order valence-corrected chi connectivity index (χ2v) is 9.39. The predicted molar refractivity (Wildman–Crippen MR) is 127 cm³/mol. The molecule has 2 N–H and O–H groups in total. The van der Waals surface area contributed by atoms with Crippen molar-refractivity contribution in [2.75, 3.05) is 20.2 Å². The normalized spacial score (nSPS) is 11.1. The summed E-state index contributed by atoms with van der Waals surface area (Å²) in [6.07, 6.45) is 0. The third-order valence-corrected chi connectivity index (χ3v) is 6.65. The lowest BCUT2D eigenvalue weighted by atomic mass is 10.2. The third kappa shape index (κ3) is 6.71. The lowest BCUT2D eigenvalue weighted by Gasteiger charge is -2.13. The number of halogens is 1. The fourth-order valence-electron chi connectivity index (χ4n) is 2.96. The minimum Gasteiger partial charge on any atom is -0.493 e. The van der Waals surface area contributed by atoms with Gasteiger partial charge in [-0.3, -0.25) is 4.79 Å². The number of rotatable bonds is 10. The standard InChI is InChI=1S/C24H25ClN2O5S/c1-17-7-10-20(11-8-17)33(29,30)27-14-13-26-24(28)18-9-12-22(23(15-18)31-2)32-16-19-5-3-4-6-21(19)25/h3-12,15,27H,13-14,16H2,1-2H3,(H,26,28). The van der Waals surface area contributed by atoms with Gasteiger partial charge in [-0.1, -0.05) is 47.5 Å². The molecule has 174 valence electrons. The van der Waals surface area contributed by atoms with Crippen LogP contribution in [0.5, 0.6) is 11.5 Å². The summed E-state index contributed by atoms with van der Waals surface area (Å²) in [4.78, 5) is 12.7. The van der Waals surface area contributed by atoms with Crippen LogP contribution in [0.2, 0.25) is 5.02 Å². The highest BCUT2D eigenvalue weighted by atomic mass is 35.5. The number of nitrogens with one attached hydrogen (secondary N) is 2. The van der Waals surface area contributed by atoms with Crippen molar-refractivity contribution in [2.24, 2.45) is 0 Å². The molecule has 9 heteroatoms. The van der Waals surface area contributed by atoms with Crippen LogP contribution in [0.3, 0.4) is 0 Å². The molecule has 0 aromatic heterocycles. The lowest BCUT2D eigenvalue weighted by molar-refractivity contribution is 0.0954. The van der Waals surface area contributed by atoms with Crippen molar-refractivity contribution in [3.8, 4) is 11.5 Å². The van der Waals surface area contributed by atoms with Crippen LogP contribution in [0.4, 0.5) is 0 Å². The number of carbonyl (C=O) groups excluding carboxylic acids is 1. The Bertz CT molecular complexity index is 1210. The van der Waals surface area contributed by atoms with Gasteiger partial charge in [0.05, 0.1) is 12.0 Å². The maximum atomic E-state index is 12.5. The van der Waals surface area contributed by atoms with Crippen molar-refractivity contribution in [3.05, 3.63) is 88.4 Å². The fraction of sp³-hybridized carbons (Fsp3) is 0.208. The fourth-order valence-corrected chi connectivity index (χ4v) is 4.19. The van der Waals surface area contributed by atoms with E-state index in [9.17, 15) is 13.2 Å². The van der Waals surface area contributed by atoms with Crippen LogP contribution in [0, 0.1) is 6.92 Å². The Morgan fingerprint density at radius 3 is 2.39 bits per heavy atom. The number of amides is 1. The molecule has 3 aromatic carbocycles. The third-order valence-electron chi connectivity index (χ3n) is 4.80. The summed E-state index contributed by atoms with van der Waals surface area (Å²) >= 11 is 6.15. The molecule has 3 aromatic rings. The zero-order valence-corrected chi connectivity index (χ0v) is 19.9. The van der Waals surface area contributed by atoms with E-state index in [0.717, 1.165) is 11.1 Å². The van der Waals surface area contributed by atoms with E-state index in [4.69, 9.17) is 21.1 Å². The van der Waals surface area contributed by atoms with E-state index in [1.54, 1.807) is 36.4 Å². The molecular formula is C24H25ClN2O5S. The first-order valence-electron chi connectivity index (χ1n) is 10.2. The minimum absolute atomic E-state index is 0.0537. The Balaban J connectivity index is 1.54. The van der Waals surface area contributed by atoms with Gasteiger partial charge in [-0.05, 0) is 43.3 Å². The number of methoxy groups -OCH3 is 1. The van der Waals surface area contributed by atoms with Crippen molar-refractivity contribution in [3.63, 3.8) is 0 Å². The molecule has 0 aliphatic heterocycles. The largest absolute Gasteiger partial charge is 0.493 e. The Morgan fingerprint density at radius 1 is 0.970 bits per heavy atom. The van der Waals surface area contributed by atoms with Crippen molar-refractivity contribution >= 4 is 27.5 Å². The Hall–Kier alpha value is -3.07. The zero-order valence-electron chi connectivity index (χ0n) is 18.3. The van der Waals surface area contributed by atoms with Gasteiger partial charge in [0.1, 0.15) is 6.61 Å². The van der Waals surface area contributed by atoms with Crippen LogP contribution in [-0.2, 0) is 16.6 Å². The molecule has 0 heterocycles. The average molecular weight is 489 g/mol. The zero-order chi connectivity index (χ0) is 23.8. The van der Waals surface area contributed by atoms with Gasteiger partial charge in [0.15, 0.2) is 11.5 Å². The van der Waals surface area contributed by atoms with Gasteiger partial charge in [0.25, 0.3) is 5.91 Å². The van der Waals surface area contributed by atoms with Crippen LogP contribution >= 0.6 is 11.6 Å². The van der Waals surface area contributed by atoms with Crippen molar-refractivity contribution in [2.45, 2.75) is 18.4 Å². The van der Waals surface area contributed by atoms with E-state index in [2.05, 4.69) is 10.0 Å². The summed E-state index contributed by atoms with van der Waals surface area (Å²) in [6.45, 7) is 2.31. The molecule has 0 spiro atoms. The Morgan fingerprint density at radius 2 is 1.70 bits per heavy atom. The molecule has 0 aliphatic rings. The van der Waals surface area contributed by atoms with Gasteiger partial charge in [-0.2, -0.15) is 0 Å². The molecule has 0 unspecified atom stereocenters. The summed E-state index contributed by atoms with van der Waals surface area (Å²) in [7, 11) is -2.15. The second kappa shape index (κ2) is 11.2. The number of ether oxygens (including phenoxy) is 2. The molecule has 0 bridgehead atoms. The highest BCUT2D eigenvalue weighted by molar-refractivity contribution is 7.89. The first-order valence-corrected chi connectivity index (χ1v) is 12.0. The Kier molecular flexibility index (Phi) is 8.32. The van der Waals surface area contributed by atoms with Gasteiger partial charge in [0.2, 0.25) is 10.0 Å². The summed E-state index contributed by atoms with van der Waals surface area (Å²) in [6, 6.07) is 18.7. The number of benzene rings is 3. The van der Waals surface area contributed by atoms with Gasteiger partial charge < -0.3 is 14.8 Å². The highest BCUT2D eigenvalue weighted by Crippen LogP contribution is 2.29. The molecule has 33 heavy (non-hydrogen) atoms. The monoisotopic (exact) mass is 488 g/mol. The van der Waals surface area contributed by atoms with Crippen LogP contribution < -0.4 is 19.5 Å². The summed E-state index contributed by atoms with van der Waals surface area (Å²) in [5.74, 6) is 0.509. The van der Waals surface area contributed by atoms with Crippen LogP contribution in [-0.4, -0.2) is 34.5 Å². The number of hydrogen-bond acceptors (Lipinski definition) is 5. The molecule has 0 radical (unpaired) electrons. The summed E-state index contributed by atoms with van der Waals surface area (Å²) in [5.41, 5.74) is 2.16. The van der Waals surface area contributed by atoms with Crippen molar-refractivity contribution in [1.29, 1.82) is 0 Å². The maximum absolute atomic E-state index is 12.5. The number of sulfonamides is 1. The van der Waals surface area contributed by atoms with Crippen molar-refractivity contribution < 1.29 is 22.7 Å². The van der Waals surface area contributed by atoms with E-state index in [0.29, 0.717) is 22.1 Å². The summed E-state index contributed by atoms with van der Waals surface area (Å²) < 4.78 is 38.2. The number of aryl methyl sites for hydroxylation is 1. The maximum Gasteiger partial charge on any atom is 0.251 e. The topological polar surface area (TPSA) is 93.7 Å². The highest BCUT2D eigenvalue weighted by Gasteiger charge is 2.14. The van der Waals surface area contributed by atoms with Crippen LogP contribution in [0.15, 0.2) is 71.6 Å². The smallest absolute Gasteiger partial charge is 0.251 e. The van der Waals surface area contributed by atoms with E-state index in [-0.39, 0.29) is 30.5 Å². The molecular weight excluding hydrogens is 464 g/mol. The van der Waals surface area contributed by atoms with Crippen LogP contribution in [0.1, 0.15) is 21.5 Å². The Labute approximate surface area is 198 Å². The number of hydrogen-bond donors (Lipinski definition) is 2. The average Bonchev–Trinajstić information content (AvgIpc) is 2.81. The van der Waals surface area contributed by atoms with Gasteiger partial charge in [0, 0.05) is 29.2 Å². The van der Waals surface area contributed by atoms with Crippen LogP contribution in [0.25, 0.3) is 0 Å². The van der Waals surface area contributed by atoms with Crippen molar-refractivity contribution in [1.82, 2.24) is 10.0 Å². The molecule has 0 atom stereocenters. The molecule has 0 aliphatic carbocycles. The van der Waals surface area contributed by atoms with E-state index in [1.807, 2.05) is 25.1 Å². The lowest BCUT2D eigenvalue weighted by Crippen LogP contribution is -2.34. The van der Waals surface area contributed by atoms with Gasteiger partial charge in [-0.25, -0.2) is 13.1 Å². The molecule has 1 amide bonds. The molecule has 0 fully saturated rings. The summed E-state index contributed by atoms with van der Waals surface area (Å²) in [5, 5.41) is 3.29. The minimum atomic E-state index is -3.64. The molecule has 0 saturated heterocycles.